The van der Waals surface area contributed by atoms with Gasteiger partial charge >= 0.3 is 0 Å². The summed E-state index contributed by atoms with van der Waals surface area (Å²) in [6.07, 6.45) is 6.20. The summed E-state index contributed by atoms with van der Waals surface area (Å²) >= 11 is 0. The van der Waals surface area contributed by atoms with Crippen molar-refractivity contribution in [3.8, 4) is 0 Å². The van der Waals surface area contributed by atoms with Crippen LogP contribution in [0.5, 0.6) is 0 Å². The number of nitrogens with two attached hydrogens (primary N) is 1. The topological polar surface area (TPSA) is 47.1 Å². The predicted octanol–water partition coefficient (Wildman–Crippen LogP) is 0.830. The fourth-order valence-corrected chi connectivity index (χ4v) is 2.02. The second-order valence-corrected chi connectivity index (χ2v) is 3.86. The van der Waals surface area contributed by atoms with Crippen LogP contribution in [0.3, 0.4) is 0 Å². The molecule has 0 aliphatic carbocycles. The molecule has 1 fully saturated rings. The predicted molar refractivity (Wildman–Crippen MR) is 57.3 cm³/mol. The van der Waals surface area contributed by atoms with E-state index < -0.39 is 0 Å². The highest BCUT2D eigenvalue weighted by Gasteiger charge is 2.19. The molecular weight excluding hydrogens is 176 g/mol. The van der Waals surface area contributed by atoms with E-state index in [0.29, 0.717) is 6.04 Å². The van der Waals surface area contributed by atoms with Crippen LogP contribution in [0.4, 0.5) is 5.95 Å². The van der Waals surface area contributed by atoms with Gasteiger partial charge in [0.2, 0.25) is 5.95 Å². The van der Waals surface area contributed by atoms with Crippen molar-refractivity contribution < 1.29 is 0 Å². The molecule has 0 aromatic carbocycles. The molecule has 4 heteroatoms. The maximum atomic E-state index is 5.94. The number of hydrogen-bond donors (Lipinski definition) is 1. The first-order chi connectivity index (χ1) is 6.81. The molecule has 0 bridgehead atoms. The minimum Gasteiger partial charge on any atom is -0.341 e. The van der Waals surface area contributed by atoms with Crippen molar-refractivity contribution in [1.29, 1.82) is 0 Å². The summed E-state index contributed by atoms with van der Waals surface area (Å²) in [7, 11) is 0. The van der Waals surface area contributed by atoms with Crippen molar-refractivity contribution in [3.05, 3.63) is 12.4 Å². The molecule has 1 aliphatic heterocycles. The minimum absolute atomic E-state index is 0.311. The molecule has 1 saturated heterocycles. The number of nitrogens with zero attached hydrogens (tertiary/aromatic N) is 3. The molecule has 14 heavy (non-hydrogen) atoms. The van der Waals surface area contributed by atoms with Crippen molar-refractivity contribution in [2.24, 2.45) is 5.73 Å². The van der Waals surface area contributed by atoms with Crippen LogP contribution in [-0.2, 0) is 6.54 Å². The monoisotopic (exact) mass is 194 g/mol. The van der Waals surface area contributed by atoms with E-state index >= 15 is 0 Å². The Bertz CT molecular complexity index is 294. The van der Waals surface area contributed by atoms with E-state index in [-0.39, 0.29) is 0 Å². The number of hydrogen-bond acceptors (Lipinski definition) is 3. The maximum Gasteiger partial charge on any atom is 0.205 e. The average molecular weight is 194 g/mol. The molecule has 1 atom stereocenters. The van der Waals surface area contributed by atoms with Crippen LogP contribution < -0.4 is 10.6 Å². The molecule has 1 unspecified atom stereocenters. The number of imidazole rings is 1. The fraction of sp³-hybridized carbons (Fsp3) is 0.700. The molecule has 0 radical (unpaired) electrons. The maximum absolute atomic E-state index is 5.94. The van der Waals surface area contributed by atoms with Gasteiger partial charge in [0.1, 0.15) is 0 Å². The van der Waals surface area contributed by atoms with E-state index in [1.807, 2.05) is 12.4 Å². The summed E-state index contributed by atoms with van der Waals surface area (Å²) in [5, 5.41) is 0. The van der Waals surface area contributed by atoms with Gasteiger partial charge in [-0.05, 0) is 19.8 Å². The average Bonchev–Trinajstić information content (AvgIpc) is 2.65. The third-order valence-electron chi connectivity index (χ3n) is 2.77. The highest BCUT2D eigenvalue weighted by atomic mass is 15.3. The highest BCUT2D eigenvalue weighted by molar-refractivity contribution is 5.32. The fourth-order valence-electron chi connectivity index (χ4n) is 2.02. The molecule has 0 amide bonds. The molecule has 1 aliphatic rings. The van der Waals surface area contributed by atoms with Crippen molar-refractivity contribution >= 4 is 5.95 Å². The van der Waals surface area contributed by atoms with Crippen molar-refractivity contribution in [2.75, 3.05) is 18.0 Å². The number of piperidine rings is 1. The Labute approximate surface area is 84.7 Å². The van der Waals surface area contributed by atoms with Crippen LogP contribution in [0.15, 0.2) is 12.4 Å². The molecule has 2 rings (SSSR count). The van der Waals surface area contributed by atoms with Crippen molar-refractivity contribution in [1.82, 2.24) is 9.55 Å². The van der Waals surface area contributed by atoms with Gasteiger partial charge < -0.3 is 15.2 Å². The SMILES string of the molecule is CCn1ccnc1N1CCCC(N)C1. The van der Waals surface area contributed by atoms with Gasteiger partial charge in [-0.2, -0.15) is 0 Å². The van der Waals surface area contributed by atoms with E-state index in [2.05, 4.69) is 21.4 Å². The molecule has 1 aromatic heterocycles. The normalized spacial score (nSPS) is 22.7. The molecule has 2 N–H and O–H groups in total. The Morgan fingerprint density at radius 3 is 3.21 bits per heavy atom. The Kier molecular flexibility index (Phi) is 2.72. The zero-order valence-electron chi connectivity index (χ0n) is 8.69. The largest absolute Gasteiger partial charge is 0.341 e. The molecular formula is C10H18N4. The second kappa shape index (κ2) is 4.00. The summed E-state index contributed by atoms with van der Waals surface area (Å²) in [5.74, 6) is 1.07. The minimum atomic E-state index is 0.311. The smallest absolute Gasteiger partial charge is 0.205 e. The number of rotatable bonds is 2. The molecule has 4 nitrogen and oxygen atoms in total. The lowest BCUT2D eigenvalue weighted by molar-refractivity contribution is 0.493. The van der Waals surface area contributed by atoms with Gasteiger partial charge in [0, 0.05) is 38.1 Å². The van der Waals surface area contributed by atoms with Crippen LogP contribution in [0.2, 0.25) is 0 Å². The summed E-state index contributed by atoms with van der Waals surface area (Å²) in [5.41, 5.74) is 5.94. The van der Waals surface area contributed by atoms with Crippen LogP contribution >= 0.6 is 0 Å². The van der Waals surface area contributed by atoms with Crippen LogP contribution in [-0.4, -0.2) is 28.7 Å². The van der Waals surface area contributed by atoms with E-state index in [1.165, 1.54) is 6.42 Å². The summed E-state index contributed by atoms with van der Waals surface area (Å²) in [6.45, 7) is 5.14. The van der Waals surface area contributed by atoms with Gasteiger partial charge in [-0.1, -0.05) is 0 Å². The molecule has 0 saturated carbocycles. The number of aromatic nitrogens is 2. The third-order valence-corrected chi connectivity index (χ3v) is 2.77. The first-order valence-corrected chi connectivity index (χ1v) is 5.33. The molecule has 2 heterocycles. The molecule has 0 spiro atoms. The Morgan fingerprint density at radius 1 is 1.64 bits per heavy atom. The number of aryl methyl sites for hydroxylation is 1. The van der Waals surface area contributed by atoms with Gasteiger partial charge in [-0.3, -0.25) is 0 Å². The summed E-state index contributed by atoms with van der Waals surface area (Å²) in [6, 6.07) is 0.311. The zero-order valence-corrected chi connectivity index (χ0v) is 8.69. The van der Waals surface area contributed by atoms with Gasteiger partial charge in [-0.25, -0.2) is 4.98 Å². The lowest BCUT2D eigenvalue weighted by Gasteiger charge is -2.31. The van der Waals surface area contributed by atoms with Crippen LogP contribution in [0.1, 0.15) is 19.8 Å². The van der Waals surface area contributed by atoms with Gasteiger partial charge in [0.25, 0.3) is 0 Å². The summed E-state index contributed by atoms with van der Waals surface area (Å²) in [4.78, 5) is 6.67. The quantitative estimate of drug-likeness (QED) is 0.758. The molecule has 1 aromatic rings. The first-order valence-electron chi connectivity index (χ1n) is 5.33. The van der Waals surface area contributed by atoms with E-state index in [1.54, 1.807) is 0 Å². The number of anilines is 1. The standard InChI is InChI=1S/C10H18N4/c1-2-13-7-5-12-10(13)14-6-3-4-9(11)8-14/h5,7,9H,2-4,6,8,11H2,1H3. The lowest BCUT2D eigenvalue weighted by Crippen LogP contribution is -2.43. The third kappa shape index (κ3) is 1.75. The van der Waals surface area contributed by atoms with E-state index in [0.717, 1.165) is 32.0 Å². The molecule has 78 valence electrons. The van der Waals surface area contributed by atoms with Crippen LogP contribution in [0, 0.1) is 0 Å². The van der Waals surface area contributed by atoms with Gasteiger partial charge in [0.15, 0.2) is 0 Å². The van der Waals surface area contributed by atoms with Gasteiger partial charge in [-0.15, -0.1) is 0 Å². The Balaban J connectivity index is 2.13. The van der Waals surface area contributed by atoms with Gasteiger partial charge in [0.05, 0.1) is 0 Å². The Morgan fingerprint density at radius 2 is 2.50 bits per heavy atom. The van der Waals surface area contributed by atoms with Crippen molar-refractivity contribution in [2.45, 2.75) is 32.4 Å². The second-order valence-electron chi connectivity index (χ2n) is 3.86. The lowest BCUT2D eigenvalue weighted by atomic mass is 10.1. The van der Waals surface area contributed by atoms with E-state index in [9.17, 15) is 0 Å². The zero-order chi connectivity index (χ0) is 9.97. The summed E-state index contributed by atoms with van der Waals surface area (Å²) < 4.78 is 2.16. The Hall–Kier alpha value is -1.03. The highest BCUT2D eigenvalue weighted by Crippen LogP contribution is 2.17. The van der Waals surface area contributed by atoms with E-state index in [4.69, 9.17) is 5.73 Å². The first kappa shape index (κ1) is 9.52. The van der Waals surface area contributed by atoms with Crippen molar-refractivity contribution in [3.63, 3.8) is 0 Å². The van der Waals surface area contributed by atoms with Crippen LogP contribution in [0.25, 0.3) is 0 Å².